The van der Waals surface area contributed by atoms with Crippen molar-refractivity contribution in [3.8, 4) is 0 Å². The van der Waals surface area contributed by atoms with E-state index in [4.69, 9.17) is 11.6 Å². The van der Waals surface area contributed by atoms with Gasteiger partial charge in [-0.2, -0.15) is 0 Å². The fraction of sp³-hybridized carbons (Fsp3) is 0.769. The van der Waals surface area contributed by atoms with Crippen molar-refractivity contribution >= 4 is 11.6 Å². The first kappa shape index (κ1) is 21.2. The fourth-order valence-corrected chi connectivity index (χ4v) is 6.08. The second-order valence-corrected chi connectivity index (χ2v) is 10.2. The summed E-state index contributed by atoms with van der Waals surface area (Å²) in [6.07, 6.45) is 19.2. The van der Waals surface area contributed by atoms with Crippen LogP contribution in [0.1, 0.15) is 109 Å². The molecule has 2 aliphatic carbocycles. The number of hydrogen-bond donors (Lipinski definition) is 0. The van der Waals surface area contributed by atoms with E-state index in [1.165, 1.54) is 89.0 Å². The molecule has 2 fully saturated rings. The molecule has 0 amide bonds. The molecule has 0 aromatic heterocycles. The summed E-state index contributed by atoms with van der Waals surface area (Å²) in [5, 5.41) is 0.853. The molecule has 0 saturated heterocycles. The maximum absolute atomic E-state index is 6.04. The van der Waals surface area contributed by atoms with Gasteiger partial charge in [-0.05, 0) is 79.4 Å². The van der Waals surface area contributed by atoms with E-state index in [1.54, 1.807) is 0 Å². The van der Waals surface area contributed by atoms with Crippen LogP contribution in [0, 0.1) is 23.7 Å². The van der Waals surface area contributed by atoms with Crippen LogP contribution in [0.3, 0.4) is 0 Å². The molecule has 0 N–H and O–H groups in total. The third kappa shape index (κ3) is 6.52. The lowest BCUT2D eigenvalue weighted by Crippen LogP contribution is -2.26. The summed E-state index contributed by atoms with van der Waals surface area (Å²) >= 11 is 6.04. The number of unbranched alkanes of at least 4 members (excludes halogenated alkanes) is 2. The van der Waals surface area contributed by atoms with Gasteiger partial charge in [-0.1, -0.05) is 88.9 Å². The van der Waals surface area contributed by atoms with Crippen molar-refractivity contribution in [2.75, 3.05) is 0 Å². The monoisotopic (exact) mass is 388 g/mol. The Balaban J connectivity index is 1.36. The molecule has 0 nitrogen and oxygen atoms in total. The molecule has 1 aromatic carbocycles. The van der Waals surface area contributed by atoms with Crippen molar-refractivity contribution in [3.05, 3.63) is 34.9 Å². The van der Waals surface area contributed by atoms with Gasteiger partial charge in [-0.15, -0.1) is 0 Å². The smallest absolute Gasteiger partial charge is 0.0406 e. The first-order valence-electron chi connectivity index (χ1n) is 11.9. The Morgan fingerprint density at radius 2 is 1.37 bits per heavy atom. The molecule has 152 valence electrons. The minimum absolute atomic E-state index is 0.669. The summed E-state index contributed by atoms with van der Waals surface area (Å²) in [6.45, 7) is 4.72. The van der Waals surface area contributed by atoms with Gasteiger partial charge in [0.05, 0.1) is 0 Å². The predicted molar refractivity (Wildman–Crippen MR) is 120 cm³/mol. The predicted octanol–water partition coefficient (Wildman–Crippen LogP) is 9.03. The first-order valence-corrected chi connectivity index (χ1v) is 12.3. The van der Waals surface area contributed by atoms with Crippen molar-refractivity contribution < 1.29 is 0 Å². The van der Waals surface area contributed by atoms with E-state index in [2.05, 4.69) is 26.0 Å². The van der Waals surface area contributed by atoms with Gasteiger partial charge in [0.25, 0.3) is 0 Å². The molecule has 2 aliphatic rings. The van der Waals surface area contributed by atoms with Gasteiger partial charge < -0.3 is 0 Å². The summed E-state index contributed by atoms with van der Waals surface area (Å²) in [6, 6.07) is 8.53. The number of benzene rings is 1. The van der Waals surface area contributed by atoms with Crippen LogP contribution in [-0.4, -0.2) is 0 Å². The molecule has 1 aromatic rings. The Morgan fingerprint density at radius 1 is 0.815 bits per heavy atom. The number of rotatable bonds is 8. The number of halogens is 1. The zero-order valence-electron chi connectivity index (χ0n) is 17.8. The quantitative estimate of drug-likeness (QED) is 0.389. The topological polar surface area (TPSA) is 0 Å². The molecule has 0 bridgehead atoms. The van der Waals surface area contributed by atoms with E-state index >= 15 is 0 Å². The van der Waals surface area contributed by atoms with Gasteiger partial charge in [0.1, 0.15) is 0 Å². The van der Waals surface area contributed by atoms with Crippen LogP contribution < -0.4 is 0 Å². The van der Waals surface area contributed by atoms with Crippen LogP contribution >= 0.6 is 11.6 Å². The second kappa shape index (κ2) is 10.9. The molecule has 3 rings (SSSR count). The zero-order chi connectivity index (χ0) is 19.1. The Morgan fingerprint density at radius 3 is 1.93 bits per heavy atom. The average molecular weight is 389 g/mol. The van der Waals surface area contributed by atoms with Crippen LogP contribution in [0.5, 0.6) is 0 Å². The number of hydrogen-bond acceptors (Lipinski definition) is 0. The molecule has 1 atom stereocenters. The minimum Gasteiger partial charge on any atom is -0.0843 e. The normalized spacial score (nSPS) is 30.2. The molecule has 27 heavy (non-hydrogen) atoms. The Kier molecular flexibility index (Phi) is 8.56. The molecule has 0 heterocycles. The van der Waals surface area contributed by atoms with E-state index in [9.17, 15) is 0 Å². The van der Waals surface area contributed by atoms with Crippen molar-refractivity contribution in [3.63, 3.8) is 0 Å². The van der Waals surface area contributed by atoms with Crippen molar-refractivity contribution in [1.82, 2.24) is 0 Å². The van der Waals surface area contributed by atoms with E-state index < -0.39 is 0 Å². The third-order valence-electron chi connectivity index (χ3n) is 7.79. The molecular weight excluding hydrogens is 348 g/mol. The molecule has 0 unspecified atom stereocenters. The largest absolute Gasteiger partial charge is 0.0843 e. The first-order chi connectivity index (χ1) is 13.2. The lowest BCUT2D eigenvalue weighted by atomic mass is 9.67. The Hall–Kier alpha value is -0.490. The summed E-state index contributed by atoms with van der Waals surface area (Å²) in [5.41, 5.74) is 1.46. The summed E-state index contributed by atoms with van der Waals surface area (Å²) in [5.74, 6) is 4.77. The second-order valence-electron chi connectivity index (χ2n) is 9.75. The van der Waals surface area contributed by atoms with E-state index in [1.807, 2.05) is 12.1 Å². The summed E-state index contributed by atoms with van der Waals surface area (Å²) in [4.78, 5) is 0. The van der Waals surface area contributed by atoms with Crippen LogP contribution in [0.15, 0.2) is 24.3 Å². The molecule has 0 radical (unpaired) electrons. The highest BCUT2D eigenvalue weighted by Gasteiger charge is 2.31. The minimum atomic E-state index is 0.669. The van der Waals surface area contributed by atoms with Gasteiger partial charge in [0.15, 0.2) is 0 Å². The maximum atomic E-state index is 6.04. The standard InChI is InChI=1S/C26H41Cl/c1-3-4-5-6-21-7-11-24(12-8-21)25-13-9-22(10-14-25)19-20(2)23-15-17-26(27)18-16-23/h15-18,20-22,24-25H,3-14,19H2,1-2H3/t20-,21?,22?,24?,25?/m1/s1. The molecule has 2 saturated carbocycles. The van der Waals surface area contributed by atoms with Crippen molar-refractivity contribution in [2.24, 2.45) is 23.7 Å². The SMILES string of the molecule is CCCCCC1CCC(C2CCC(C[C@@H](C)c3ccc(Cl)cc3)CC2)CC1. The fourth-order valence-electron chi connectivity index (χ4n) is 5.95. The average Bonchev–Trinajstić information content (AvgIpc) is 2.70. The molecular formula is C26H41Cl. The lowest BCUT2D eigenvalue weighted by Gasteiger charge is -2.38. The van der Waals surface area contributed by atoms with Crippen molar-refractivity contribution in [1.29, 1.82) is 0 Å². The lowest BCUT2D eigenvalue weighted by molar-refractivity contribution is 0.138. The summed E-state index contributed by atoms with van der Waals surface area (Å²) < 4.78 is 0. The van der Waals surface area contributed by atoms with Gasteiger partial charge in [0.2, 0.25) is 0 Å². The van der Waals surface area contributed by atoms with Crippen LogP contribution in [-0.2, 0) is 0 Å². The highest BCUT2D eigenvalue weighted by molar-refractivity contribution is 6.30. The van der Waals surface area contributed by atoms with Gasteiger partial charge in [-0.3, -0.25) is 0 Å². The highest BCUT2D eigenvalue weighted by atomic mass is 35.5. The Bertz CT molecular complexity index is 518. The summed E-state index contributed by atoms with van der Waals surface area (Å²) in [7, 11) is 0. The highest BCUT2D eigenvalue weighted by Crippen LogP contribution is 2.44. The molecule has 0 aliphatic heterocycles. The van der Waals surface area contributed by atoms with Gasteiger partial charge in [0, 0.05) is 5.02 Å². The van der Waals surface area contributed by atoms with Crippen LogP contribution in [0.4, 0.5) is 0 Å². The van der Waals surface area contributed by atoms with Gasteiger partial charge >= 0.3 is 0 Å². The van der Waals surface area contributed by atoms with E-state index in [-0.39, 0.29) is 0 Å². The molecule has 0 spiro atoms. The zero-order valence-corrected chi connectivity index (χ0v) is 18.5. The Labute approximate surface area is 173 Å². The maximum Gasteiger partial charge on any atom is 0.0406 e. The van der Waals surface area contributed by atoms with Crippen molar-refractivity contribution in [2.45, 2.75) is 103 Å². The third-order valence-corrected chi connectivity index (χ3v) is 8.04. The van der Waals surface area contributed by atoms with Gasteiger partial charge in [-0.25, -0.2) is 0 Å². The van der Waals surface area contributed by atoms with Crippen LogP contribution in [0.2, 0.25) is 5.02 Å². The van der Waals surface area contributed by atoms with E-state index in [0.717, 1.165) is 28.7 Å². The van der Waals surface area contributed by atoms with E-state index in [0.29, 0.717) is 5.92 Å². The van der Waals surface area contributed by atoms with Crippen LogP contribution in [0.25, 0.3) is 0 Å². The molecule has 1 heteroatoms.